The van der Waals surface area contributed by atoms with Crippen LogP contribution in [-0.2, 0) is 9.67 Å². The Hall–Kier alpha value is -1.42. The van der Waals surface area contributed by atoms with Gasteiger partial charge >= 0.3 is 5.97 Å². The summed E-state index contributed by atoms with van der Waals surface area (Å²) in [6, 6.07) is 4.78. The molecule has 1 N–H and O–H groups in total. The first-order chi connectivity index (χ1) is 7.43. The van der Waals surface area contributed by atoms with E-state index in [1.807, 2.05) is 0 Å². The predicted octanol–water partition coefficient (Wildman–Crippen LogP) is 2.24. The second-order valence-electron chi connectivity index (χ2n) is 3.38. The Bertz CT molecular complexity index is 401. The molecule has 1 aromatic rings. The molecule has 0 amide bonds. The van der Waals surface area contributed by atoms with Crippen molar-refractivity contribution in [2.24, 2.45) is 0 Å². The lowest BCUT2D eigenvalue weighted by atomic mass is 10.00. The van der Waals surface area contributed by atoms with Gasteiger partial charge in [0.15, 0.2) is 16.4 Å². The number of rotatable bonds is 4. The topological polar surface area (TPSA) is 55.8 Å². The van der Waals surface area contributed by atoms with E-state index in [1.165, 1.54) is 21.1 Å². The van der Waals surface area contributed by atoms with E-state index in [0.29, 0.717) is 17.1 Å². The summed E-state index contributed by atoms with van der Waals surface area (Å²) in [7, 11) is 2.99. The predicted molar refractivity (Wildman–Crippen MR) is 60.4 cm³/mol. The first kappa shape index (κ1) is 12.6. The second kappa shape index (κ2) is 4.61. The molecule has 0 bridgehead atoms. The summed E-state index contributed by atoms with van der Waals surface area (Å²) < 4.78 is 10.1. The Morgan fingerprint density at radius 2 is 1.88 bits per heavy atom. The number of carboxylic acid groups (broad SMARTS) is 1. The van der Waals surface area contributed by atoms with Crippen molar-refractivity contribution < 1.29 is 19.4 Å². The van der Waals surface area contributed by atoms with Crippen molar-refractivity contribution in [3.8, 4) is 11.5 Å². The number of halogens is 1. The number of methoxy groups -OCH3 is 2. The van der Waals surface area contributed by atoms with Crippen LogP contribution >= 0.6 is 11.6 Å². The minimum absolute atomic E-state index is 0.444. The van der Waals surface area contributed by atoms with Gasteiger partial charge in [0.25, 0.3) is 0 Å². The fourth-order valence-electron chi connectivity index (χ4n) is 1.25. The summed E-state index contributed by atoms with van der Waals surface area (Å²) >= 11 is 5.93. The molecular formula is C11H13ClO4. The van der Waals surface area contributed by atoms with Crippen LogP contribution in [0, 0.1) is 0 Å². The van der Waals surface area contributed by atoms with Gasteiger partial charge in [-0.3, -0.25) is 0 Å². The zero-order chi connectivity index (χ0) is 12.3. The third-order valence-corrected chi connectivity index (χ3v) is 2.71. The molecule has 0 spiro atoms. The van der Waals surface area contributed by atoms with E-state index in [1.54, 1.807) is 18.2 Å². The van der Waals surface area contributed by atoms with Crippen LogP contribution in [0.1, 0.15) is 12.5 Å². The molecule has 1 unspecified atom stereocenters. The smallest absolute Gasteiger partial charge is 0.329 e. The van der Waals surface area contributed by atoms with Gasteiger partial charge in [-0.05, 0) is 24.6 Å². The summed E-state index contributed by atoms with van der Waals surface area (Å²) in [6.45, 7) is 1.41. The van der Waals surface area contributed by atoms with Gasteiger partial charge in [0, 0.05) is 0 Å². The van der Waals surface area contributed by atoms with Gasteiger partial charge in [-0.2, -0.15) is 0 Å². The van der Waals surface area contributed by atoms with Crippen LogP contribution in [0.25, 0.3) is 0 Å². The normalized spacial score (nSPS) is 14.0. The van der Waals surface area contributed by atoms with Crippen LogP contribution in [0.3, 0.4) is 0 Å². The first-order valence-electron chi connectivity index (χ1n) is 4.58. The number of benzene rings is 1. The van der Waals surface area contributed by atoms with E-state index in [4.69, 9.17) is 26.2 Å². The lowest BCUT2D eigenvalue weighted by Gasteiger charge is -2.18. The van der Waals surface area contributed by atoms with Crippen molar-refractivity contribution in [3.63, 3.8) is 0 Å². The monoisotopic (exact) mass is 244 g/mol. The molecule has 0 saturated carbocycles. The molecule has 5 heteroatoms. The minimum atomic E-state index is -1.47. The zero-order valence-electron chi connectivity index (χ0n) is 9.28. The zero-order valence-corrected chi connectivity index (χ0v) is 10.0. The van der Waals surface area contributed by atoms with Gasteiger partial charge in [0.1, 0.15) is 0 Å². The quantitative estimate of drug-likeness (QED) is 0.826. The average molecular weight is 245 g/mol. The van der Waals surface area contributed by atoms with E-state index in [9.17, 15) is 4.79 Å². The molecule has 0 aliphatic carbocycles. The van der Waals surface area contributed by atoms with Crippen molar-refractivity contribution in [1.82, 2.24) is 0 Å². The number of alkyl halides is 1. The van der Waals surface area contributed by atoms with Crippen molar-refractivity contribution >= 4 is 17.6 Å². The molecule has 0 aliphatic rings. The summed E-state index contributed by atoms with van der Waals surface area (Å²) in [4.78, 5) is 9.50. The van der Waals surface area contributed by atoms with Crippen molar-refractivity contribution in [2.75, 3.05) is 14.2 Å². The highest BCUT2D eigenvalue weighted by Gasteiger charge is 2.33. The van der Waals surface area contributed by atoms with Gasteiger partial charge in [0.2, 0.25) is 0 Å². The molecule has 0 saturated heterocycles. The van der Waals surface area contributed by atoms with E-state index < -0.39 is 10.8 Å². The van der Waals surface area contributed by atoms with Crippen LogP contribution in [0.15, 0.2) is 18.2 Å². The maximum absolute atomic E-state index is 11.0. The van der Waals surface area contributed by atoms with Crippen LogP contribution in [0.5, 0.6) is 11.5 Å². The van der Waals surface area contributed by atoms with Gasteiger partial charge < -0.3 is 14.6 Å². The van der Waals surface area contributed by atoms with E-state index in [0.717, 1.165) is 0 Å². The van der Waals surface area contributed by atoms with E-state index in [-0.39, 0.29) is 0 Å². The Kier molecular flexibility index (Phi) is 3.65. The molecule has 0 radical (unpaired) electrons. The highest BCUT2D eigenvalue weighted by molar-refractivity contribution is 6.33. The molecular weight excluding hydrogens is 232 g/mol. The summed E-state index contributed by atoms with van der Waals surface area (Å²) in [5, 5.41) is 8.98. The molecule has 88 valence electrons. The highest BCUT2D eigenvalue weighted by Crippen LogP contribution is 2.35. The minimum Gasteiger partial charge on any atom is -0.493 e. The van der Waals surface area contributed by atoms with Gasteiger partial charge in [0.05, 0.1) is 14.2 Å². The Balaban J connectivity index is 3.23. The maximum Gasteiger partial charge on any atom is 0.329 e. The standard InChI is InChI=1S/C11H13ClO4/c1-11(12,10(13)14)7-4-5-8(15-2)9(6-7)16-3/h4-6H,1-3H3,(H,13,14). The summed E-state index contributed by atoms with van der Waals surface area (Å²) in [5.41, 5.74) is 0.444. The Morgan fingerprint density at radius 3 is 2.31 bits per heavy atom. The lowest BCUT2D eigenvalue weighted by molar-refractivity contribution is -0.139. The van der Waals surface area contributed by atoms with E-state index in [2.05, 4.69) is 0 Å². The van der Waals surface area contributed by atoms with Crippen LogP contribution < -0.4 is 9.47 Å². The fraction of sp³-hybridized carbons (Fsp3) is 0.364. The van der Waals surface area contributed by atoms with Gasteiger partial charge in [-0.1, -0.05) is 6.07 Å². The molecule has 0 aliphatic heterocycles. The lowest BCUT2D eigenvalue weighted by Crippen LogP contribution is -2.25. The molecule has 0 aromatic heterocycles. The van der Waals surface area contributed by atoms with Gasteiger partial charge in [-0.15, -0.1) is 11.6 Å². The largest absolute Gasteiger partial charge is 0.493 e. The number of hydrogen-bond donors (Lipinski definition) is 1. The summed E-state index contributed by atoms with van der Waals surface area (Å²) in [5.74, 6) is -0.126. The number of hydrogen-bond acceptors (Lipinski definition) is 3. The molecule has 1 rings (SSSR count). The number of aliphatic carboxylic acids is 1. The molecule has 0 fully saturated rings. The average Bonchev–Trinajstić information content (AvgIpc) is 2.27. The SMILES string of the molecule is COc1ccc(C(C)(Cl)C(=O)O)cc1OC. The van der Waals surface area contributed by atoms with Crippen molar-refractivity contribution in [1.29, 1.82) is 0 Å². The third kappa shape index (κ3) is 2.22. The Morgan fingerprint density at radius 1 is 1.31 bits per heavy atom. The molecule has 16 heavy (non-hydrogen) atoms. The van der Waals surface area contributed by atoms with Crippen molar-refractivity contribution in [2.45, 2.75) is 11.8 Å². The van der Waals surface area contributed by atoms with Crippen LogP contribution in [-0.4, -0.2) is 25.3 Å². The molecule has 1 aromatic carbocycles. The third-order valence-electron chi connectivity index (χ3n) is 2.33. The highest BCUT2D eigenvalue weighted by atomic mass is 35.5. The van der Waals surface area contributed by atoms with Crippen LogP contribution in [0.4, 0.5) is 0 Å². The maximum atomic E-state index is 11.0. The van der Waals surface area contributed by atoms with Crippen molar-refractivity contribution in [3.05, 3.63) is 23.8 Å². The first-order valence-corrected chi connectivity index (χ1v) is 4.96. The fourth-order valence-corrected chi connectivity index (χ4v) is 1.37. The second-order valence-corrected chi connectivity index (χ2v) is 4.13. The summed E-state index contributed by atoms with van der Waals surface area (Å²) in [6.07, 6.45) is 0. The molecule has 1 atom stereocenters. The number of ether oxygens (including phenoxy) is 2. The molecule has 0 heterocycles. The van der Waals surface area contributed by atoms with Crippen LogP contribution in [0.2, 0.25) is 0 Å². The van der Waals surface area contributed by atoms with Gasteiger partial charge in [-0.25, -0.2) is 4.79 Å². The Labute approximate surface area is 98.7 Å². The number of carbonyl (C=O) groups is 1. The molecule has 4 nitrogen and oxygen atoms in total. The van der Waals surface area contributed by atoms with E-state index >= 15 is 0 Å². The number of carboxylic acids is 1.